The molecule has 0 radical (unpaired) electrons. The molecule has 1 aromatic heterocycles. The van der Waals surface area contributed by atoms with Crippen LogP contribution >= 0.6 is 0 Å². The Bertz CT molecular complexity index is 1060. The number of tetrazole rings is 1. The molecule has 1 aliphatic heterocycles. The van der Waals surface area contributed by atoms with Crippen LogP contribution in [0.1, 0.15) is 34.8 Å². The van der Waals surface area contributed by atoms with E-state index in [2.05, 4.69) is 20.8 Å². The first kappa shape index (κ1) is 16.6. The maximum atomic E-state index is 12.6. The number of carbonyl (C=O) groups excluding carboxylic acids is 2. The quantitative estimate of drug-likeness (QED) is 0.703. The molecule has 2 aliphatic rings. The predicted molar refractivity (Wildman–Crippen MR) is 99.5 cm³/mol. The standard InChI is InChI=1S/C20H17N5O3/c26-19(17-11-13-3-1-2-4-16(13)20(27)28-17)21-14-7-5-12(6-8-14)18-22-23-24-25(18)15-9-10-15/h1-8,15,17H,9-11H2,(H,21,26). The summed E-state index contributed by atoms with van der Waals surface area (Å²) in [7, 11) is 0. The van der Waals surface area contributed by atoms with Gasteiger partial charge in [-0.05, 0) is 59.2 Å². The summed E-state index contributed by atoms with van der Waals surface area (Å²) in [6.45, 7) is 0. The van der Waals surface area contributed by atoms with Crippen LogP contribution in [0.15, 0.2) is 48.5 Å². The van der Waals surface area contributed by atoms with E-state index in [0.29, 0.717) is 23.7 Å². The molecular weight excluding hydrogens is 358 g/mol. The summed E-state index contributed by atoms with van der Waals surface area (Å²) in [5, 5.41) is 14.7. The molecule has 1 N–H and O–H groups in total. The average Bonchev–Trinajstić information content (AvgIpc) is 3.45. The van der Waals surface area contributed by atoms with Crippen LogP contribution in [-0.2, 0) is 16.0 Å². The van der Waals surface area contributed by atoms with Gasteiger partial charge in [-0.2, -0.15) is 0 Å². The van der Waals surface area contributed by atoms with Crippen LogP contribution < -0.4 is 5.32 Å². The summed E-state index contributed by atoms with van der Waals surface area (Å²) in [6.07, 6.45) is 1.71. The van der Waals surface area contributed by atoms with E-state index in [0.717, 1.165) is 29.8 Å². The highest BCUT2D eigenvalue weighted by Crippen LogP contribution is 2.36. The number of anilines is 1. The Balaban J connectivity index is 1.29. The molecule has 140 valence electrons. The lowest BCUT2D eigenvalue weighted by Gasteiger charge is -2.23. The van der Waals surface area contributed by atoms with Crippen molar-refractivity contribution >= 4 is 17.6 Å². The first-order chi connectivity index (χ1) is 13.7. The zero-order valence-corrected chi connectivity index (χ0v) is 14.9. The van der Waals surface area contributed by atoms with Crippen molar-refractivity contribution in [2.45, 2.75) is 31.4 Å². The smallest absolute Gasteiger partial charge is 0.339 e. The highest BCUT2D eigenvalue weighted by molar-refractivity contribution is 6.00. The number of hydrogen-bond donors (Lipinski definition) is 1. The molecule has 1 unspecified atom stereocenters. The van der Waals surface area contributed by atoms with Crippen LogP contribution in [0.2, 0.25) is 0 Å². The van der Waals surface area contributed by atoms with E-state index in [9.17, 15) is 9.59 Å². The second kappa shape index (κ2) is 6.56. The number of cyclic esters (lactones) is 1. The Morgan fingerprint density at radius 2 is 1.89 bits per heavy atom. The fourth-order valence-electron chi connectivity index (χ4n) is 3.35. The SMILES string of the molecule is O=C1OC(C(=O)Nc2ccc(-c3nnnn3C3CC3)cc2)Cc2ccccc21. The monoisotopic (exact) mass is 375 g/mol. The van der Waals surface area contributed by atoms with Crippen LogP contribution in [0.3, 0.4) is 0 Å². The van der Waals surface area contributed by atoms with Gasteiger partial charge in [0.2, 0.25) is 0 Å². The van der Waals surface area contributed by atoms with Crippen LogP contribution in [0.25, 0.3) is 11.4 Å². The second-order valence-electron chi connectivity index (χ2n) is 7.00. The number of nitrogens with one attached hydrogen (secondary N) is 1. The van der Waals surface area contributed by atoms with E-state index >= 15 is 0 Å². The number of aromatic nitrogens is 4. The number of carbonyl (C=O) groups is 2. The summed E-state index contributed by atoms with van der Waals surface area (Å²) >= 11 is 0. The molecule has 8 heteroatoms. The first-order valence-corrected chi connectivity index (χ1v) is 9.17. The lowest BCUT2D eigenvalue weighted by Crippen LogP contribution is -2.37. The van der Waals surface area contributed by atoms with Crippen molar-refractivity contribution in [3.63, 3.8) is 0 Å². The molecule has 5 rings (SSSR count). The molecule has 1 aliphatic carbocycles. The Kier molecular flexibility index (Phi) is 3.89. The van der Waals surface area contributed by atoms with Gasteiger partial charge in [-0.15, -0.1) is 5.10 Å². The fraction of sp³-hybridized carbons (Fsp3) is 0.250. The van der Waals surface area contributed by atoms with Crippen molar-refractivity contribution in [1.29, 1.82) is 0 Å². The summed E-state index contributed by atoms with van der Waals surface area (Å²) in [5.41, 5.74) is 2.84. The van der Waals surface area contributed by atoms with Crippen molar-refractivity contribution in [1.82, 2.24) is 20.2 Å². The summed E-state index contributed by atoms with van der Waals surface area (Å²) in [5.74, 6) is -0.0964. The second-order valence-corrected chi connectivity index (χ2v) is 7.00. The van der Waals surface area contributed by atoms with Crippen molar-refractivity contribution < 1.29 is 14.3 Å². The fourth-order valence-corrected chi connectivity index (χ4v) is 3.35. The molecule has 1 fully saturated rings. The average molecular weight is 375 g/mol. The maximum absolute atomic E-state index is 12.6. The van der Waals surface area contributed by atoms with Crippen LogP contribution in [-0.4, -0.2) is 38.2 Å². The van der Waals surface area contributed by atoms with Gasteiger partial charge in [-0.3, -0.25) is 4.79 Å². The predicted octanol–water partition coefficient (Wildman–Crippen LogP) is 2.40. The number of benzene rings is 2. The van der Waals surface area contributed by atoms with Gasteiger partial charge in [0.05, 0.1) is 11.6 Å². The van der Waals surface area contributed by atoms with Crippen molar-refractivity contribution in [2.75, 3.05) is 5.32 Å². The van der Waals surface area contributed by atoms with Crippen LogP contribution in [0.5, 0.6) is 0 Å². The van der Waals surface area contributed by atoms with Crippen LogP contribution in [0.4, 0.5) is 5.69 Å². The molecule has 28 heavy (non-hydrogen) atoms. The highest BCUT2D eigenvalue weighted by Gasteiger charge is 2.31. The number of rotatable bonds is 4. The number of hydrogen-bond acceptors (Lipinski definition) is 6. The zero-order valence-electron chi connectivity index (χ0n) is 14.9. The van der Waals surface area contributed by atoms with Crippen molar-refractivity contribution in [2.24, 2.45) is 0 Å². The van der Waals surface area contributed by atoms with E-state index in [1.54, 1.807) is 24.3 Å². The van der Waals surface area contributed by atoms with Crippen molar-refractivity contribution in [3.05, 3.63) is 59.7 Å². The number of fused-ring (bicyclic) bond motifs is 1. The van der Waals surface area contributed by atoms with Gasteiger partial charge >= 0.3 is 5.97 Å². The van der Waals surface area contributed by atoms with Crippen LogP contribution in [0, 0.1) is 0 Å². The van der Waals surface area contributed by atoms with Gasteiger partial charge in [-0.1, -0.05) is 18.2 Å². The van der Waals surface area contributed by atoms with Gasteiger partial charge in [0, 0.05) is 17.7 Å². The maximum Gasteiger partial charge on any atom is 0.339 e. The Labute approximate surface area is 160 Å². The lowest BCUT2D eigenvalue weighted by atomic mass is 9.98. The molecular formula is C20H17N5O3. The van der Waals surface area contributed by atoms with Gasteiger partial charge < -0.3 is 10.1 Å². The highest BCUT2D eigenvalue weighted by atomic mass is 16.5. The minimum Gasteiger partial charge on any atom is -0.448 e. The van der Waals surface area contributed by atoms with Gasteiger partial charge in [0.15, 0.2) is 11.9 Å². The minimum absolute atomic E-state index is 0.349. The molecule has 0 spiro atoms. The van der Waals surface area contributed by atoms with Crippen molar-refractivity contribution in [3.8, 4) is 11.4 Å². The van der Waals surface area contributed by atoms with E-state index in [1.807, 2.05) is 28.9 Å². The van der Waals surface area contributed by atoms with Gasteiger partial charge in [0.1, 0.15) is 0 Å². The zero-order chi connectivity index (χ0) is 19.1. The van der Waals surface area contributed by atoms with E-state index in [1.165, 1.54) is 0 Å². The molecule has 0 saturated heterocycles. The first-order valence-electron chi connectivity index (χ1n) is 9.17. The number of nitrogens with zero attached hydrogens (tertiary/aromatic N) is 4. The topological polar surface area (TPSA) is 99.0 Å². The summed E-state index contributed by atoms with van der Waals surface area (Å²) in [6, 6.07) is 14.9. The van der Waals surface area contributed by atoms with E-state index in [-0.39, 0.29) is 5.91 Å². The third kappa shape index (κ3) is 3.02. The number of ether oxygens (including phenoxy) is 1. The Hall–Kier alpha value is -3.55. The Morgan fingerprint density at radius 1 is 1.11 bits per heavy atom. The molecule has 1 atom stereocenters. The molecule has 2 aromatic carbocycles. The summed E-state index contributed by atoms with van der Waals surface area (Å²) in [4.78, 5) is 24.7. The largest absolute Gasteiger partial charge is 0.448 e. The van der Waals surface area contributed by atoms with E-state index in [4.69, 9.17) is 4.74 Å². The third-order valence-corrected chi connectivity index (χ3v) is 4.98. The normalized spacial score (nSPS) is 18.3. The summed E-state index contributed by atoms with van der Waals surface area (Å²) < 4.78 is 7.14. The molecule has 3 aromatic rings. The number of amides is 1. The van der Waals surface area contributed by atoms with E-state index < -0.39 is 12.1 Å². The molecule has 0 bridgehead atoms. The Morgan fingerprint density at radius 3 is 2.68 bits per heavy atom. The molecule has 2 heterocycles. The molecule has 1 amide bonds. The van der Waals surface area contributed by atoms with Gasteiger partial charge in [0.25, 0.3) is 5.91 Å². The minimum atomic E-state index is -0.843. The molecule has 1 saturated carbocycles. The third-order valence-electron chi connectivity index (χ3n) is 4.98. The lowest BCUT2D eigenvalue weighted by molar-refractivity contribution is -0.125. The molecule has 8 nitrogen and oxygen atoms in total. The number of esters is 1. The van der Waals surface area contributed by atoms with Gasteiger partial charge in [-0.25, -0.2) is 9.48 Å².